The van der Waals surface area contributed by atoms with Crippen LogP contribution in [-0.4, -0.2) is 25.4 Å². The van der Waals surface area contributed by atoms with E-state index in [-0.39, 0.29) is 5.92 Å². The van der Waals surface area contributed by atoms with E-state index in [0.29, 0.717) is 22.1 Å². The Balaban J connectivity index is 3.14. The smallest absolute Gasteiger partial charge is 0.179 e. The van der Waals surface area contributed by atoms with Crippen LogP contribution in [0.25, 0.3) is 0 Å². The zero-order valence-corrected chi connectivity index (χ0v) is 12.6. The monoisotopic (exact) mass is 287 g/mol. The molecule has 1 aromatic carbocycles. The summed E-state index contributed by atoms with van der Waals surface area (Å²) in [4.78, 5) is 0. The minimum Gasteiger partial charge on any atom is -0.493 e. The quantitative estimate of drug-likeness (QED) is 0.844. The van der Waals surface area contributed by atoms with Gasteiger partial charge in [0.05, 0.1) is 31.4 Å². The number of methoxy groups -OCH3 is 2. The van der Waals surface area contributed by atoms with Crippen molar-refractivity contribution in [2.24, 2.45) is 11.7 Å². The third kappa shape index (κ3) is 3.32. The Morgan fingerprint density at radius 3 is 2.42 bits per heavy atom. The summed E-state index contributed by atoms with van der Waals surface area (Å²) in [6.45, 7) is 3.97. The third-order valence-corrected chi connectivity index (χ3v) is 3.86. The number of aliphatic hydroxyl groups is 1. The van der Waals surface area contributed by atoms with Crippen molar-refractivity contribution in [2.75, 3.05) is 14.2 Å². The highest BCUT2D eigenvalue weighted by molar-refractivity contribution is 6.33. The van der Waals surface area contributed by atoms with Crippen LogP contribution < -0.4 is 15.2 Å². The van der Waals surface area contributed by atoms with Gasteiger partial charge >= 0.3 is 0 Å². The highest BCUT2D eigenvalue weighted by Gasteiger charge is 2.26. The Labute approximate surface area is 119 Å². The number of ether oxygens (including phenoxy) is 2. The van der Waals surface area contributed by atoms with Crippen LogP contribution >= 0.6 is 11.6 Å². The van der Waals surface area contributed by atoms with Crippen LogP contribution in [0.15, 0.2) is 12.1 Å². The van der Waals surface area contributed by atoms with Gasteiger partial charge in [0.25, 0.3) is 0 Å². The van der Waals surface area contributed by atoms with E-state index in [1.54, 1.807) is 19.2 Å². The molecule has 1 unspecified atom stereocenters. The van der Waals surface area contributed by atoms with Crippen molar-refractivity contribution in [1.29, 1.82) is 0 Å². The lowest BCUT2D eigenvalue weighted by atomic mass is 9.91. The molecule has 0 bridgehead atoms. The summed E-state index contributed by atoms with van der Waals surface area (Å²) in [5.74, 6) is 1.08. The molecule has 1 aromatic rings. The van der Waals surface area contributed by atoms with E-state index in [1.165, 1.54) is 7.11 Å². The average molecular weight is 288 g/mol. The predicted octanol–water partition coefficient (Wildman–Crippen LogP) is 2.76. The van der Waals surface area contributed by atoms with E-state index >= 15 is 0 Å². The summed E-state index contributed by atoms with van der Waals surface area (Å²) < 4.78 is 10.4. The minimum atomic E-state index is -0.652. The Hall–Kier alpha value is -0.970. The van der Waals surface area contributed by atoms with Gasteiger partial charge in [0.1, 0.15) is 0 Å². The highest BCUT2D eigenvalue weighted by Crippen LogP contribution is 2.40. The summed E-state index contributed by atoms with van der Waals surface area (Å²) in [7, 11) is 3.06. The average Bonchev–Trinajstić information content (AvgIpc) is 2.44. The Morgan fingerprint density at radius 1 is 1.32 bits per heavy atom. The summed E-state index contributed by atoms with van der Waals surface area (Å²) in [5.41, 5.74) is 6.76. The van der Waals surface area contributed by atoms with Crippen LogP contribution in [0.3, 0.4) is 0 Å². The highest BCUT2D eigenvalue weighted by atomic mass is 35.5. The number of benzene rings is 1. The molecule has 19 heavy (non-hydrogen) atoms. The van der Waals surface area contributed by atoms with Gasteiger partial charge in [-0.2, -0.15) is 0 Å². The van der Waals surface area contributed by atoms with Gasteiger partial charge < -0.3 is 20.3 Å². The molecule has 5 heteroatoms. The van der Waals surface area contributed by atoms with Gasteiger partial charge in [0.15, 0.2) is 11.5 Å². The standard InChI is InChI=1S/C14H22ClNO3/c1-5-8(2)13(17)12(16)9-6-7-10(18-3)14(19-4)11(9)15/h6-8,12-13,17H,5,16H2,1-4H3/t8?,12-,13+/m0/s1. The lowest BCUT2D eigenvalue weighted by Gasteiger charge is -2.25. The number of hydrogen-bond acceptors (Lipinski definition) is 4. The predicted molar refractivity (Wildman–Crippen MR) is 76.9 cm³/mol. The molecule has 0 spiro atoms. The second-order valence-electron chi connectivity index (χ2n) is 4.61. The lowest BCUT2D eigenvalue weighted by molar-refractivity contribution is 0.0879. The van der Waals surface area contributed by atoms with Crippen LogP contribution in [0.2, 0.25) is 5.02 Å². The van der Waals surface area contributed by atoms with Crippen LogP contribution in [0.1, 0.15) is 31.9 Å². The maximum Gasteiger partial charge on any atom is 0.179 e. The first-order chi connectivity index (χ1) is 8.97. The normalized spacial score (nSPS) is 15.7. The number of hydrogen-bond donors (Lipinski definition) is 2. The summed E-state index contributed by atoms with van der Waals surface area (Å²) in [5, 5.41) is 10.6. The van der Waals surface area contributed by atoms with E-state index in [0.717, 1.165) is 6.42 Å². The molecule has 4 nitrogen and oxygen atoms in total. The van der Waals surface area contributed by atoms with Crippen molar-refractivity contribution >= 4 is 11.6 Å². The van der Waals surface area contributed by atoms with Crippen molar-refractivity contribution in [3.8, 4) is 11.5 Å². The molecule has 0 saturated carbocycles. The van der Waals surface area contributed by atoms with Crippen molar-refractivity contribution in [3.05, 3.63) is 22.7 Å². The molecule has 3 atom stereocenters. The Morgan fingerprint density at radius 2 is 1.95 bits per heavy atom. The van der Waals surface area contributed by atoms with Crippen molar-refractivity contribution in [1.82, 2.24) is 0 Å². The molecular weight excluding hydrogens is 266 g/mol. The molecule has 0 aliphatic carbocycles. The topological polar surface area (TPSA) is 64.7 Å². The zero-order chi connectivity index (χ0) is 14.6. The molecule has 0 fully saturated rings. The van der Waals surface area contributed by atoms with E-state index in [1.807, 2.05) is 13.8 Å². The summed E-state index contributed by atoms with van der Waals surface area (Å²) in [6, 6.07) is 2.95. The molecule has 0 aliphatic heterocycles. The fourth-order valence-corrected chi connectivity index (χ4v) is 2.30. The Kier molecular flexibility index (Phi) is 5.91. The van der Waals surface area contributed by atoms with Crippen LogP contribution in [0.5, 0.6) is 11.5 Å². The number of nitrogens with two attached hydrogens (primary N) is 1. The molecule has 0 radical (unpaired) electrons. The van der Waals surface area contributed by atoms with Crippen molar-refractivity contribution in [2.45, 2.75) is 32.4 Å². The largest absolute Gasteiger partial charge is 0.493 e. The van der Waals surface area contributed by atoms with Crippen molar-refractivity contribution in [3.63, 3.8) is 0 Å². The first-order valence-electron chi connectivity index (χ1n) is 6.31. The van der Waals surface area contributed by atoms with Crippen LogP contribution in [0.4, 0.5) is 0 Å². The molecule has 1 rings (SSSR count). The maximum atomic E-state index is 10.2. The molecule has 3 N–H and O–H groups in total. The first kappa shape index (κ1) is 16.1. The van der Waals surface area contributed by atoms with Gasteiger partial charge in [-0.25, -0.2) is 0 Å². The maximum absolute atomic E-state index is 10.2. The molecule has 108 valence electrons. The van der Waals surface area contributed by atoms with E-state index in [9.17, 15) is 5.11 Å². The van der Waals surface area contributed by atoms with E-state index in [4.69, 9.17) is 26.8 Å². The minimum absolute atomic E-state index is 0.0964. The van der Waals surface area contributed by atoms with Gasteiger partial charge in [0.2, 0.25) is 0 Å². The first-order valence-corrected chi connectivity index (χ1v) is 6.69. The Bertz CT molecular complexity index is 425. The number of rotatable bonds is 6. The number of halogens is 1. The van der Waals surface area contributed by atoms with Gasteiger partial charge in [-0.1, -0.05) is 37.9 Å². The molecular formula is C14H22ClNO3. The third-order valence-electron chi connectivity index (χ3n) is 3.47. The van der Waals surface area contributed by atoms with Gasteiger partial charge in [-0.05, 0) is 17.5 Å². The number of aliphatic hydroxyl groups excluding tert-OH is 1. The fraction of sp³-hybridized carbons (Fsp3) is 0.571. The SMILES string of the molecule is CCC(C)[C@@H](O)[C@@H](N)c1ccc(OC)c(OC)c1Cl. The van der Waals surface area contributed by atoms with Crippen LogP contribution in [-0.2, 0) is 0 Å². The molecule has 0 amide bonds. The fourth-order valence-electron chi connectivity index (χ4n) is 1.94. The zero-order valence-electron chi connectivity index (χ0n) is 11.8. The summed E-state index contributed by atoms with van der Waals surface area (Å²) >= 11 is 6.28. The van der Waals surface area contributed by atoms with Gasteiger partial charge in [-0.3, -0.25) is 0 Å². The summed E-state index contributed by atoms with van der Waals surface area (Å²) in [6.07, 6.45) is 0.195. The second kappa shape index (κ2) is 6.98. The van der Waals surface area contributed by atoms with Crippen molar-refractivity contribution < 1.29 is 14.6 Å². The molecule has 0 saturated heterocycles. The van der Waals surface area contributed by atoms with Crippen LogP contribution in [0, 0.1) is 5.92 Å². The van der Waals surface area contributed by atoms with Gasteiger partial charge in [-0.15, -0.1) is 0 Å². The lowest BCUT2D eigenvalue weighted by Crippen LogP contribution is -2.31. The molecule has 0 heterocycles. The second-order valence-corrected chi connectivity index (χ2v) is 4.98. The molecule has 0 aromatic heterocycles. The van der Waals surface area contributed by atoms with Gasteiger partial charge in [0, 0.05) is 0 Å². The van der Waals surface area contributed by atoms with E-state index < -0.39 is 12.1 Å². The van der Waals surface area contributed by atoms with E-state index in [2.05, 4.69) is 0 Å². The molecule has 0 aliphatic rings.